The molecule has 0 saturated carbocycles. The van der Waals surface area contributed by atoms with Gasteiger partial charge in [-0.25, -0.2) is 9.59 Å². The van der Waals surface area contributed by atoms with Gasteiger partial charge in [0, 0.05) is 12.8 Å². The van der Waals surface area contributed by atoms with Gasteiger partial charge in [0.05, 0.1) is 0 Å². The third-order valence-corrected chi connectivity index (χ3v) is 5.03. The fourth-order valence-electron chi connectivity index (χ4n) is 3.17. The van der Waals surface area contributed by atoms with Crippen LogP contribution in [0.25, 0.3) is 0 Å². The number of fused-ring (bicyclic) bond motifs is 1. The number of carboxylic acid groups (broad SMARTS) is 1. The Kier molecular flexibility index (Phi) is 10.6. The Balaban J connectivity index is 2.07. The third kappa shape index (κ3) is 7.64. The first-order valence-electron chi connectivity index (χ1n) is 11.6. The summed E-state index contributed by atoms with van der Waals surface area (Å²) in [5.74, 6) is -7.69. The van der Waals surface area contributed by atoms with Gasteiger partial charge >= 0.3 is 36.1 Å². The summed E-state index contributed by atoms with van der Waals surface area (Å²) in [4.78, 5) is 49.1. The van der Waals surface area contributed by atoms with E-state index in [4.69, 9.17) is 23.7 Å². The monoisotopic (exact) mass is 480 g/mol. The fourth-order valence-corrected chi connectivity index (χ4v) is 3.17. The van der Waals surface area contributed by atoms with Gasteiger partial charge in [-0.15, -0.1) is 0 Å². The Bertz CT molecular complexity index is 799. The van der Waals surface area contributed by atoms with Crippen LogP contribution in [0.3, 0.4) is 0 Å². The van der Waals surface area contributed by atoms with Gasteiger partial charge in [0.15, 0.2) is 11.5 Å². The summed E-state index contributed by atoms with van der Waals surface area (Å²) in [6.07, 6.45) is 6.55. The topological polar surface area (TPSA) is 135 Å². The largest absolute Gasteiger partial charge is 0.475 e. The Morgan fingerprint density at radius 1 is 0.794 bits per heavy atom. The van der Waals surface area contributed by atoms with Crippen LogP contribution >= 0.6 is 0 Å². The molecule has 0 fully saturated rings. The second-order valence-corrected chi connectivity index (χ2v) is 7.87. The van der Waals surface area contributed by atoms with Crippen LogP contribution in [0.15, 0.2) is 24.3 Å². The molecule has 2 rings (SSSR count). The minimum absolute atomic E-state index is 0.0132. The van der Waals surface area contributed by atoms with Gasteiger partial charge in [0.1, 0.15) is 0 Å². The normalized spacial score (nSPS) is 13.4. The number of carboxylic acids is 1. The molecule has 0 bridgehead atoms. The predicted molar refractivity (Wildman–Crippen MR) is 118 cm³/mol. The second-order valence-electron chi connectivity index (χ2n) is 7.87. The van der Waals surface area contributed by atoms with Crippen LogP contribution in [0.4, 0.5) is 0 Å². The molecule has 0 radical (unpaired) electrons. The van der Waals surface area contributed by atoms with E-state index < -0.39 is 36.1 Å². The maximum Gasteiger partial charge on any atom is 0.453 e. The number of para-hydroxylation sites is 2. The van der Waals surface area contributed by atoms with Gasteiger partial charge in [-0.3, -0.25) is 9.59 Å². The quantitative estimate of drug-likeness (QED) is 0.169. The summed E-state index contributed by atoms with van der Waals surface area (Å²) in [5.41, 5.74) is 0. The maximum absolute atomic E-state index is 12.8. The first-order valence-corrected chi connectivity index (χ1v) is 11.6. The van der Waals surface area contributed by atoms with Gasteiger partial charge < -0.3 is 28.8 Å². The number of esters is 3. The molecule has 0 aromatic heterocycles. The van der Waals surface area contributed by atoms with Gasteiger partial charge in [0.2, 0.25) is 0 Å². The number of benzene rings is 1. The molecule has 0 spiro atoms. The van der Waals surface area contributed by atoms with Crippen molar-refractivity contribution in [3.05, 3.63) is 24.3 Å². The molecule has 0 amide bonds. The molecule has 1 aromatic rings. The van der Waals surface area contributed by atoms with E-state index >= 15 is 0 Å². The zero-order chi connectivity index (χ0) is 25.0. The van der Waals surface area contributed by atoms with Crippen LogP contribution < -0.4 is 9.47 Å². The van der Waals surface area contributed by atoms with Crippen LogP contribution in [0.1, 0.15) is 78.1 Å². The zero-order valence-corrected chi connectivity index (χ0v) is 19.6. The van der Waals surface area contributed by atoms with E-state index in [0.29, 0.717) is 12.8 Å². The van der Waals surface area contributed by atoms with E-state index in [1.807, 2.05) is 13.8 Å². The SMILES string of the molecule is CCCCCCC(=O)OC(OC(=O)CCCCCC)OC(=O)C1(C(=O)O)Oc2ccccc2O1. The molecule has 1 heterocycles. The molecule has 10 nitrogen and oxygen atoms in total. The van der Waals surface area contributed by atoms with Gasteiger partial charge in [-0.2, -0.15) is 0 Å². The lowest BCUT2D eigenvalue weighted by Crippen LogP contribution is -2.56. The highest BCUT2D eigenvalue weighted by Gasteiger charge is 2.59. The van der Waals surface area contributed by atoms with Crippen LogP contribution in [0.2, 0.25) is 0 Å². The van der Waals surface area contributed by atoms with Crippen molar-refractivity contribution in [3.8, 4) is 11.5 Å². The standard InChI is InChI=1S/C24H32O10/c1-3-5-7-9-15-19(25)30-23(31-20(26)16-10-8-6-4-2)32-22(29)24(21(27)28)33-17-13-11-12-14-18(17)34-24/h11-14,23H,3-10,15-16H2,1-2H3,(H,27,28). The van der Waals surface area contributed by atoms with E-state index in [1.54, 1.807) is 12.1 Å². The molecular weight excluding hydrogens is 448 g/mol. The lowest BCUT2D eigenvalue weighted by molar-refractivity contribution is -0.270. The van der Waals surface area contributed by atoms with Crippen molar-refractivity contribution in [3.63, 3.8) is 0 Å². The van der Waals surface area contributed by atoms with Crippen molar-refractivity contribution in [1.29, 1.82) is 0 Å². The van der Waals surface area contributed by atoms with E-state index in [0.717, 1.165) is 38.5 Å². The van der Waals surface area contributed by atoms with Crippen LogP contribution in [-0.4, -0.2) is 41.2 Å². The van der Waals surface area contributed by atoms with E-state index in [1.165, 1.54) is 12.1 Å². The molecular formula is C24H32O10. The van der Waals surface area contributed by atoms with Crippen LogP contribution in [0, 0.1) is 0 Å². The summed E-state index contributed by atoms with van der Waals surface area (Å²) >= 11 is 0. The average Bonchev–Trinajstić information content (AvgIpc) is 3.21. The van der Waals surface area contributed by atoms with Crippen LogP contribution in [-0.2, 0) is 33.4 Å². The Labute approximate surface area is 198 Å². The molecule has 0 atom stereocenters. The summed E-state index contributed by atoms with van der Waals surface area (Å²) in [6.45, 7) is 1.98. The van der Waals surface area contributed by atoms with Crippen molar-refractivity contribution in [2.75, 3.05) is 0 Å². The minimum atomic E-state index is -2.87. The van der Waals surface area contributed by atoms with Crippen molar-refractivity contribution in [2.45, 2.75) is 90.3 Å². The highest BCUT2D eigenvalue weighted by molar-refractivity contribution is 6.02. The van der Waals surface area contributed by atoms with E-state index in [2.05, 4.69) is 0 Å². The number of carbonyl (C=O) groups is 4. The Morgan fingerprint density at radius 2 is 1.26 bits per heavy atom. The number of carbonyl (C=O) groups excluding carboxylic acids is 3. The molecule has 10 heteroatoms. The fraction of sp³-hybridized carbons (Fsp3) is 0.583. The lowest BCUT2D eigenvalue weighted by atomic mass is 10.1. The van der Waals surface area contributed by atoms with Crippen molar-refractivity contribution in [1.82, 2.24) is 0 Å². The number of hydrogen-bond acceptors (Lipinski definition) is 9. The predicted octanol–water partition coefficient (Wildman–Crippen LogP) is 4.09. The van der Waals surface area contributed by atoms with Crippen molar-refractivity contribution < 1.29 is 48.0 Å². The molecule has 0 saturated heterocycles. The van der Waals surface area contributed by atoms with Crippen molar-refractivity contribution in [2.24, 2.45) is 0 Å². The first-order chi connectivity index (χ1) is 16.3. The van der Waals surface area contributed by atoms with Crippen LogP contribution in [0.5, 0.6) is 11.5 Å². The highest BCUT2D eigenvalue weighted by Crippen LogP contribution is 2.40. The number of unbranched alkanes of at least 4 members (excludes halogenated alkanes) is 6. The smallest absolute Gasteiger partial charge is 0.453 e. The molecule has 0 unspecified atom stereocenters. The summed E-state index contributed by atoms with van der Waals surface area (Å²) in [7, 11) is 0. The number of aliphatic carboxylic acids is 1. The van der Waals surface area contributed by atoms with E-state index in [9.17, 15) is 24.3 Å². The summed E-state index contributed by atoms with van der Waals surface area (Å²) in [6, 6.07) is 5.96. The van der Waals surface area contributed by atoms with Gasteiger partial charge in [0.25, 0.3) is 0 Å². The Hall–Kier alpha value is -3.30. The maximum atomic E-state index is 12.8. The molecule has 1 aliphatic heterocycles. The molecule has 1 aliphatic rings. The number of ether oxygens (including phenoxy) is 5. The lowest BCUT2D eigenvalue weighted by Gasteiger charge is -2.24. The number of hydrogen-bond donors (Lipinski definition) is 1. The summed E-state index contributed by atoms with van der Waals surface area (Å²) in [5, 5.41) is 9.65. The second kappa shape index (κ2) is 13.4. The molecule has 1 aromatic carbocycles. The first kappa shape index (κ1) is 26.9. The number of rotatable bonds is 15. The van der Waals surface area contributed by atoms with Gasteiger partial charge in [-0.05, 0) is 25.0 Å². The summed E-state index contributed by atoms with van der Waals surface area (Å²) < 4.78 is 25.5. The average molecular weight is 481 g/mol. The van der Waals surface area contributed by atoms with Crippen molar-refractivity contribution >= 4 is 23.9 Å². The molecule has 188 valence electrons. The molecule has 0 aliphatic carbocycles. The Morgan fingerprint density at radius 3 is 1.68 bits per heavy atom. The zero-order valence-electron chi connectivity index (χ0n) is 19.6. The molecule has 34 heavy (non-hydrogen) atoms. The molecule has 1 N–H and O–H groups in total. The van der Waals surface area contributed by atoms with E-state index in [-0.39, 0.29) is 24.3 Å². The third-order valence-electron chi connectivity index (χ3n) is 5.03. The minimum Gasteiger partial charge on any atom is -0.475 e. The highest BCUT2D eigenvalue weighted by atomic mass is 16.9. The van der Waals surface area contributed by atoms with Gasteiger partial charge in [-0.1, -0.05) is 64.5 Å².